The Labute approximate surface area is 210 Å². The molecule has 0 atom stereocenters. The maximum Gasteiger partial charge on any atom is 0.165 e. The van der Waals surface area contributed by atoms with Gasteiger partial charge in [0.1, 0.15) is 18.1 Å². The van der Waals surface area contributed by atoms with E-state index in [-0.39, 0.29) is 5.41 Å². The summed E-state index contributed by atoms with van der Waals surface area (Å²) < 4.78 is 5.60. The Morgan fingerprint density at radius 1 is 1.11 bits per heavy atom. The number of hydrogen-bond donors (Lipinski definition) is 1. The summed E-state index contributed by atoms with van der Waals surface area (Å²) in [5.74, 6) is 1.25. The van der Waals surface area contributed by atoms with Crippen LogP contribution in [-0.4, -0.2) is 40.1 Å². The first kappa shape index (κ1) is 23.5. The molecule has 0 saturated carbocycles. The quantitative estimate of drug-likeness (QED) is 0.349. The number of nitrogens with zero attached hydrogens (tertiary/aromatic N) is 5. The second-order valence-corrected chi connectivity index (χ2v) is 9.85. The third kappa shape index (κ3) is 4.66. The van der Waals surface area contributed by atoms with Gasteiger partial charge >= 0.3 is 0 Å². The second-order valence-electron chi connectivity index (χ2n) is 9.44. The summed E-state index contributed by atoms with van der Waals surface area (Å²) in [7, 11) is 2.15. The average molecular weight is 489 g/mol. The van der Waals surface area contributed by atoms with E-state index < -0.39 is 0 Å². The predicted octanol–water partition coefficient (Wildman–Crippen LogP) is 6.14. The minimum atomic E-state index is 0.152. The number of aromatic nitrogens is 4. The summed E-state index contributed by atoms with van der Waals surface area (Å²) in [5.41, 5.74) is 5.56. The third-order valence-electron chi connectivity index (χ3n) is 6.52. The normalized spacial score (nSPS) is 14.7. The van der Waals surface area contributed by atoms with Crippen molar-refractivity contribution < 1.29 is 4.74 Å². The Kier molecular flexibility index (Phi) is 6.30. The second kappa shape index (κ2) is 9.40. The van der Waals surface area contributed by atoms with Crippen molar-refractivity contribution in [1.29, 1.82) is 0 Å². The highest BCUT2D eigenvalue weighted by Gasteiger charge is 2.29. The van der Waals surface area contributed by atoms with Crippen LogP contribution >= 0.6 is 11.6 Å². The fourth-order valence-corrected chi connectivity index (χ4v) is 4.67. The van der Waals surface area contributed by atoms with Crippen LogP contribution in [0.25, 0.3) is 22.4 Å². The predicted molar refractivity (Wildman–Crippen MR) is 142 cm³/mol. The van der Waals surface area contributed by atoms with Crippen molar-refractivity contribution in [3.63, 3.8) is 0 Å². The summed E-state index contributed by atoms with van der Waals surface area (Å²) in [6, 6.07) is 14.0. The number of hydrogen-bond acceptors (Lipinski definition) is 7. The molecule has 0 radical (unpaired) electrons. The van der Waals surface area contributed by atoms with Gasteiger partial charge in [0.2, 0.25) is 0 Å². The van der Waals surface area contributed by atoms with Gasteiger partial charge in [-0.2, -0.15) is 0 Å². The number of anilines is 3. The fraction of sp³-hybridized carbons (Fsp3) is 0.333. The van der Waals surface area contributed by atoms with Crippen LogP contribution in [0.15, 0.2) is 48.7 Å². The molecule has 7 nitrogen and oxygen atoms in total. The number of fused-ring (bicyclic) bond motifs is 2. The van der Waals surface area contributed by atoms with Crippen LogP contribution in [0.1, 0.15) is 38.6 Å². The summed E-state index contributed by atoms with van der Waals surface area (Å²) in [5, 5.41) is 4.87. The highest BCUT2D eigenvalue weighted by Crippen LogP contribution is 2.41. The van der Waals surface area contributed by atoms with E-state index in [0.29, 0.717) is 46.9 Å². The number of rotatable bonds is 6. The summed E-state index contributed by atoms with van der Waals surface area (Å²) in [4.78, 5) is 20.9. The van der Waals surface area contributed by atoms with Crippen molar-refractivity contribution >= 4 is 39.8 Å². The maximum absolute atomic E-state index is 6.37. The zero-order valence-electron chi connectivity index (χ0n) is 20.5. The lowest BCUT2D eigenvalue weighted by Gasteiger charge is -2.38. The van der Waals surface area contributed by atoms with Gasteiger partial charge in [0.15, 0.2) is 11.5 Å². The standard InChI is InChI=1S/C27H29ClN6O/c1-5-35-16-23-32-25(30-17-8-10-19-22(15-17)34(4)14-12-27(19,2)3)18-9-11-21(31-26(18)33-23)24-20(28)7-6-13-29-24/h6-11,13,15H,5,12,14,16H2,1-4H3,(H,30,31,32,33). The molecule has 3 aromatic heterocycles. The average Bonchev–Trinajstić information content (AvgIpc) is 2.85. The molecule has 1 N–H and O–H groups in total. The molecule has 180 valence electrons. The van der Waals surface area contributed by atoms with Gasteiger partial charge < -0.3 is 15.0 Å². The van der Waals surface area contributed by atoms with Crippen molar-refractivity contribution in [2.24, 2.45) is 0 Å². The smallest absolute Gasteiger partial charge is 0.165 e. The van der Waals surface area contributed by atoms with Crippen molar-refractivity contribution in [2.45, 2.75) is 39.2 Å². The molecule has 4 aromatic rings. The highest BCUT2D eigenvalue weighted by atomic mass is 35.5. The SMILES string of the molecule is CCOCc1nc(Nc2ccc3c(c2)N(C)CCC3(C)C)c2ccc(-c3ncccc3Cl)nc2n1. The van der Waals surface area contributed by atoms with Gasteiger partial charge in [0.05, 0.1) is 16.1 Å². The third-order valence-corrected chi connectivity index (χ3v) is 6.82. The van der Waals surface area contributed by atoms with E-state index in [0.717, 1.165) is 24.0 Å². The molecule has 1 aliphatic heterocycles. The Balaban J connectivity index is 1.57. The van der Waals surface area contributed by atoms with Gasteiger partial charge in [-0.05, 0) is 60.7 Å². The van der Waals surface area contributed by atoms with E-state index in [1.165, 1.54) is 11.3 Å². The van der Waals surface area contributed by atoms with Crippen molar-refractivity contribution in [3.8, 4) is 11.4 Å². The summed E-state index contributed by atoms with van der Waals surface area (Å²) in [6.07, 6.45) is 2.84. The van der Waals surface area contributed by atoms with E-state index >= 15 is 0 Å². The Morgan fingerprint density at radius 3 is 2.77 bits per heavy atom. The number of pyridine rings is 2. The van der Waals surface area contributed by atoms with Gasteiger partial charge in [-0.3, -0.25) is 4.98 Å². The number of nitrogens with one attached hydrogen (secondary N) is 1. The largest absolute Gasteiger partial charge is 0.374 e. The van der Waals surface area contributed by atoms with Gasteiger partial charge in [-0.1, -0.05) is 31.5 Å². The van der Waals surface area contributed by atoms with E-state index in [4.69, 9.17) is 26.3 Å². The number of ether oxygens (including phenoxy) is 1. The van der Waals surface area contributed by atoms with Crippen LogP contribution in [0.4, 0.5) is 17.2 Å². The first-order valence-electron chi connectivity index (χ1n) is 11.8. The molecule has 0 saturated heterocycles. The van der Waals surface area contributed by atoms with Crippen molar-refractivity contribution in [2.75, 3.05) is 30.4 Å². The first-order valence-corrected chi connectivity index (χ1v) is 12.2. The molecule has 5 rings (SSSR count). The lowest BCUT2D eigenvalue weighted by molar-refractivity contribution is 0.128. The fourth-order valence-electron chi connectivity index (χ4n) is 4.45. The van der Waals surface area contributed by atoms with Crippen LogP contribution in [0.5, 0.6) is 0 Å². The van der Waals surface area contributed by atoms with Crippen LogP contribution < -0.4 is 10.2 Å². The minimum absolute atomic E-state index is 0.152. The number of benzene rings is 1. The molecule has 8 heteroatoms. The van der Waals surface area contributed by atoms with E-state index in [1.54, 1.807) is 18.3 Å². The summed E-state index contributed by atoms with van der Waals surface area (Å²) in [6.45, 7) is 8.47. The first-order chi connectivity index (χ1) is 16.9. The molecule has 0 spiro atoms. The molecule has 0 fully saturated rings. The molecule has 0 amide bonds. The van der Waals surface area contributed by atoms with E-state index in [1.807, 2.05) is 19.1 Å². The van der Waals surface area contributed by atoms with E-state index in [9.17, 15) is 0 Å². The molecular weight excluding hydrogens is 460 g/mol. The van der Waals surface area contributed by atoms with Gasteiger partial charge in [0.25, 0.3) is 0 Å². The Bertz CT molecular complexity index is 1390. The van der Waals surface area contributed by atoms with Crippen LogP contribution in [0.3, 0.4) is 0 Å². The molecule has 0 aliphatic carbocycles. The Hall–Kier alpha value is -3.29. The molecule has 35 heavy (non-hydrogen) atoms. The van der Waals surface area contributed by atoms with Gasteiger partial charge in [-0.25, -0.2) is 15.0 Å². The molecule has 1 aliphatic rings. The van der Waals surface area contributed by atoms with Crippen LogP contribution in [-0.2, 0) is 16.8 Å². The lowest BCUT2D eigenvalue weighted by Crippen LogP contribution is -2.34. The van der Waals surface area contributed by atoms with Gasteiger partial charge in [0, 0.05) is 37.8 Å². The van der Waals surface area contributed by atoms with Crippen molar-refractivity contribution in [3.05, 3.63) is 65.1 Å². The van der Waals surface area contributed by atoms with Crippen LogP contribution in [0, 0.1) is 0 Å². The lowest BCUT2D eigenvalue weighted by atomic mass is 9.78. The topological polar surface area (TPSA) is 76.1 Å². The monoisotopic (exact) mass is 488 g/mol. The minimum Gasteiger partial charge on any atom is -0.374 e. The van der Waals surface area contributed by atoms with Crippen LogP contribution in [0.2, 0.25) is 5.02 Å². The molecule has 1 aromatic carbocycles. The molecule has 0 bridgehead atoms. The highest BCUT2D eigenvalue weighted by molar-refractivity contribution is 6.32. The molecular formula is C27H29ClN6O. The number of halogens is 1. The summed E-state index contributed by atoms with van der Waals surface area (Å²) >= 11 is 6.37. The van der Waals surface area contributed by atoms with E-state index in [2.05, 4.69) is 59.3 Å². The van der Waals surface area contributed by atoms with Crippen molar-refractivity contribution in [1.82, 2.24) is 19.9 Å². The van der Waals surface area contributed by atoms with Gasteiger partial charge in [-0.15, -0.1) is 0 Å². The maximum atomic E-state index is 6.37. The Morgan fingerprint density at radius 2 is 1.97 bits per heavy atom. The molecule has 4 heterocycles. The zero-order chi connectivity index (χ0) is 24.6. The molecule has 0 unspecified atom stereocenters. The zero-order valence-corrected chi connectivity index (χ0v) is 21.2.